The van der Waals surface area contributed by atoms with Crippen molar-refractivity contribution in [3.05, 3.63) is 36.4 Å². The molecule has 7 heteroatoms. The van der Waals surface area contributed by atoms with Crippen molar-refractivity contribution < 1.29 is 22.7 Å². The van der Waals surface area contributed by atoms with E-state index >= 15 is 0 Å². The van der Waals surface area contributed by atoms with Crippen LogP contribution in [0.1, 0.15) is 6.92 Å². The first-order valence-electron chi connectivity index (χ1n) is 6.44. The summed E-state index contributed by atoms with van der Waals surface area (Å²) in [6.07, 6.45) is 2.83. The summed E-state index contributed by atoms with van der Waals surface area (Å²) in [4.78, 5) is 11.7. The summed E-state index contributed by atoms with van der Waals surface area (Å²) in [6, 6.07) is 6.05. The highest BCUT2D eigenvalue weighted by atomic mass is 32.2. The molecule has 1 heterocycles. The molecular formula is C14H17NO5S. The Bertz CT molecular complexity index is 636. The number of benzene rings is 1. The molecule has 1 saturated heterocycles. The summed E-state index contributed by atoms with van der Waals surface area (Å²) in [6.45, 7) is 1.62. The molecule has 1 unspecified atom stereocenters. The highest BCUT2D eigenvalue weighted by Gasteiger charge is 2.34. The molecular weight excluding hydrogens is 294 g/mol. The first kappa shape index (κ1) is 15.5. The lowest BCUT2D eigenvalue weighted by Crippen LogP contribution is -2.47. The van der Waals surface area contributed by atoms with Crippen LogP contribution in [0.4, 0.5) is 0 Å². The molecule has 0 bridgehead atoms. The smallest absolute Gasteiger partial charge is 0.321 e. The molecule has 2 rings (SSSR count). The summed E-state index contributed by atoms with van der Waals surface area (Å²) in [5.74, 6) is 0.0141. The van der Waals surface area contributed by atoms with Gasteiger partial charge in [0.15, 0.2) is 0 Å². The molecule has 1 fully saturated rings. The molecule has 6 nitrogen and oxygen atoms in total. The Morgan fingerprint density at radius 3 is 2.57 bits per heavy atom. The molecule has 1 aromatic rings. The fourth-order valence-corrected chi connectivity index (χ4v) is 3.44. The number of morpholine rings is 1. The van der Waals surface area contributed by atoms with Crippen molar-refractivity contribution in [2.45, 2.75) is 17.9 Å². The third-order valence-electron chi connectivity index (χ3n) is 3.08. The van der Waals surface area contributed by atoms with E-state index in [0.29, 0.717) is 5.75 Å². The Morgan fingerprint density at radius 2 is 2.00 bits per heavy atom. The van der Waals surface area contributed by atoms with E-state index in [1.165, 1.54) is 19.2 Å². The van der Waals surface area contributed by atoms with Gasteiger partial charge < -0.3 is 9.47 Å². The maximum atomic E-state index is 12.5. The van der Waals surface area contributed by atoms with E-state index in [4.69, 9.17) is 9.47 Å². The molecule has 0 amide bonds. The van der Waals surface area contributed by atoms with Crippen molar-refractivity contribution in [1.82, 2.24) is 4.31 Å². The quantitative estimate of drug-likeness (QED) is 0.617. The van der Waals surface area contributed by atoms with Crippen LogP contribution in [0.3, 0.4) is 0 Å². The average molecular weight is 311 g/mol. The number of hydrogen-bond acceptors (Lipinski definition) is 5. The fraction of sp³-hybridized carbons (Fsp3) is 0.357. The number of allylic oxidation sites excluding steroid dienone is 1. The fourth-order valence-electron chi connectivity index (χ4n) is 2.05. The summed E-state index contributed by atoms with van der Waals surface area (Å²) >= 11 is 0. The largest absolute Gasteiger partial charge is 0.497 e. The zero-order valence-electron chi connectivity index (χ0n) is 11.9. The van der Waals surface area contributed by atoms with Gasteiger partial charge in [0, 0.05) is 0 Å². The second-order valence-corrected chi connectivity index (χ2v) is 6.47. The van der Waals surface area contributed by atoms with Gasteiger partial charge in [0.2, 0.25) is 10.0 Å². The van der Waals surface area contributed by atoms with Gasteiger partial charge in [-0.05, 0) is 37.3 Å². The van der Waals surface area contributed by atoms with E-state index in [-0.39, 0.29) is 18.0 Å². The van der Waals surface area contributed by atoms with E-state index < -0.39 is 22.1 Å². The van der Waals surface area contributed by atoms with Gasteiger partial charge >= 0.3 is 5.97 Å². The van der Waals surface area contributed by atoms with Gasteiger partial charge in [-0.15, -0.1) is 0 Å². The van der Waals surface area contributed by atoms with Gasteiger partial charge in [-0.3, -0.25) is 4.79 Å². The third kappa shape index (κ3) is 3.43. The van der Waals surface area contributed by atoms with Gasteiger partial charge in [-0.2, -0.15) is 4.31 Å². The van der Waals surface area contributed by atoms with Crippen LogP contribution in [0.5, 0.6) is 5.75 Å². The predicted molar refractivity (Wildman–Crippen MR) is 76.4 cm³/mol. The van der Waals surface area contributed by atoms with Gasteiger partial charge in [0.05, 0.1) is 18.6 Å². The first-order valence-corrected chi connectivity index (χ1v) is 7.88. The zero-order chi connectivity index (χ0) is 15.5. The standard InChI is InChI=1S/C14H17NO5S/c1-3-4-12-9-15(10-14(16)20-12)21(17,18)13-7-5-11(19-2)6-8-13/h3-8,12H,9-10H2,1-2H3/b4-3+. The lowest BCUT2D eigenvalue weighted by molar-refractivity contribution is -0.152. The predicted octanol–water partition coefficient (Wildman–Crippen LogP) is 1.19. The SMILES string of the molecule is C/C=C/C1CN(S(=O)(=O)c2ccc(OC)cc2)CC(=O)O1. The highest BCUT2D eigenvalue weighted by molar-refractivity contribution is 7.89. The van der Waals surface area contributed by atoms with Crippen LogP contribution in [-0.4, -0.2) is 45.0 Å². The maximum Gasteiger partial charge on any atom is 0.321 e. The normalized spacial score (nSPS) is 20.5. The molecule has 0 saturated carbocycles. The lowest BCUT2D eigenvalue weighted by Gasteiger charge is -2.29. The van der Waals surface area contributed by atoms with Crippen molar-refractivity contribution >= 4 is 16.0 Å². The maximum absolute atomic E-state index is 12.5. The van der Waals surface area contributed by atoms with E-state index in [9.17, 15) is 13.2 Å². The third-order valence-corrected chi connectivity index (χ3v) is 4.90. The molecule has 1 aliphatic heterocycles. The van der Waals surface area contributed by atoms with Crippen molar-refractivity contribution in [3.63, 3.8) is 0 Å². The molecule has 114 valence electrons. The molecule has 0 aromatic heterocycles. The molecule has 21 heavy (non-hydrogen) atoms. The van der Waals surface area contributed by atoms with Crippen LogP contribution in [0.15, 0.2) is 41.3 Å². The molecule has 0 aliphatic carbocycles. The van der Waals surface area contributed by atoms with Crippen LogP contribution >= 0.6 is 0 Å². The van der Waals surface area contributed by atoms with E-state index in [1.807, 2.05) is 0 Å². The van der Waals surface area contributed by atoms with Crippen LogP contribution in [0.25, 0.3) is 0 Å². The summed E-state index contributed by atoms with van der Waals surface area (Å²) in [7, 11) is -2.22. The minimum absolute atomic E-state index is 0.116. The summed E-state index contributed by atoms with van der Waals surface area (Å²) in [5, 5.41) is 0. The zero-order valence-corrected chi connectivity index (χ0v) is 12.7. The van der Waals surface area contributed by atoms with Crippen LogP contribution in [-0.2, 0) is 19.6 Å². The molecule has 1 aromatic carbocycles. The van der Waals surface area contributed by atoms with Crippen molar-refractivity contribution in [1.29, 1.82) is 0 Å². The Kier molecular flexibility index (Phi) is 4.64. The molecule has 0 N–H and O–H groups in total. The number of ether oxygens (including phenoxy) is 2. The first-order chi connectivity index (χ1) is 9.97. The minimum Gasteiger partial charge on any atom is -0.497 e. The summed E-state index contributed by atoms with van der Waals surface area (Å²) < 4.78 is 36.3. The molecule has 1 atom stereocenters. The van der Waals surface area contributed by atoms with E-state index in [2.05, 4.69) is 0 Å². The number of esters is 1. The van der Waals surface area contributed by atoms with Crippen molar-refractivity contribution in [2.24, 2.45) is 0 Å². The molecule has 0 radical (unpaired) electrons. The van der Waals surface area contributed by atoms with Crippen LogP contribution < -0.4 is 4.74 Å². The van der Waals surface area contributed by atoms with Gasteiger partial charge in [-0.1, -0.05) is 6.08 Å². The second kappa shape index (κ2) is 6.28. The number of nitrogens with zero attached hydrogens (tertiary/aromatic N) is 1. The van der Waals surface area contributed by atoms with Gasteiger partial charge in [0.25, 0.3) is 0 Å². The number of carbonyl (C=O) groups is 1. The lowest BCUT2D eigenvalue weighted by atomic mass is 10.3. The topological polar surface area (TPSA) is 72.9 Å². The number of hydrogen-bond donors (Lipinski definition) is 0. The van der Waals surface area contributed by atoms with Gasteiger partial charge in [0.1, 0.15) is 18.4 Å². The highest BCUT2D eigenvalue weighted by Crippen LogP contribution is 2.22. The second-order valence-electron chi connectivity index (χ2n) is 4.53. The van der Waals surface area contributed by atoms with Crippen LogP contribution in [0, 0.1) is 0 Å². The monoisotopic (exact) mass is 311 g/mol. The minimum atomic E-state index is -3.73. The molecule has 1 aliphatic rings. The van der Waals surface area contributed by atoms with Crippen molar-refractivity contribution in [3.8, 4) is 5.75 Å². The average Bonchev–Trinajstić information content (AvgIpc) is 2.47. The number of cyclic esters (lactones) is 1. The van der Waals surface area contributed by atoms with Crippen molar-refractivity contribution in [2.75, 3.05) is 20.2 Å². The number of carbonyl (C=O) groups excluding carboxylic acids is 1. The Labute approximate surface area is 124 Å². The Morgan fingerprint density at radius 1 is 1.33 bits per heavy atom. The number of rotatable bonds is 4. The number of methoxy groups -OCH3 is 1. The van der Waals surface area contributed by atoms with Crippen LogP contribution in [0.2, 0.25) is 0 Å². The Balaban J connectivity index is 2.26. The van der Waals surface area contributed by atoms with Gasteiger partial charge in [-0.25, -0.2) is 8.42 Å². The molecule has 0 spiro atoms. The summed E-state index contributed by atoms with van der Waals surface area (Å²) in [5.41, 5.74) is 0. The van der Waals surface area contributed by atoms with E-state index in [1.54, 1.807) is 31.2 Å². The number of sulfonamides is 1. The van der Waals surface area contributed by atoms with E-state index in [0.717, 1.165) is 4.31 Å². The Hall–Kier alpha value is -1.86.